The molecule has 100 valence electrons. The predicted octanol–water partition coefficient (Wildman–Crippen LogP) is 5.08. The van der Waals surface area contributed by atoms with Gasteiger partial charge in [0.05, 0.1) is 0 Å². The zero-order valence-electron chi connectivity index (χ0n) is 11.4. The van der Waals surface area contributed by atoms with Gasteiger partial charge in [-0.1, -0.05) is 44.0 Å². The maximum absolute atomic E-state index is 5.81. The zero-order chi connectivity index (χ0) is 13.3. The van der Waals surface area contributed by atoms with Crippen molar-refractivity contribution in [1.29, 1.82) is 0 Å². The van der Waals surface area contributed by atoms with Crippen LogP contribution >= 0.6 is 0 Å². The number of para-hydroxylation sites is 1. The third-order valence-electron chi connectivity index (χ3n) is 2.92. The highest BCUT2D eigenvalue weighted by Crippen LogP contribution is 2.23. The Balaban J connectivity index is 1.91. The molecule has 0 aliphatic carbocycles. The molecule has 0 aliphatic heterocycles. The summed E-state index contributed by atoms with van der Waals surface area (Å²) >= 11 is 0. The number of nitrogens with one attached hydrogen (secondary N) is 1. The number of anilines is 1. The number of hydrogen-bond donors (Lipinski definition) is 1. The van der Waals surface area contributed by atoms with Crippen molar-refractivity contribution in [1.82, 2.24) is 0 Å². The molecule has 1 N–H and O–H groups in total. The Morgan fingerprint density at radius 2 is 1.68 bits per heavy atom. The molecular formula is C17H21NO. The number of hydrogen-bond acceptors (Lipinski definition) is 2. The fraction of sp³-hybridized carbons (Fsp3) is 0.294. The second-order valence-corrected chi connectivity index (χ2v) is 4.58. The third kappa shape index (κ3) is 4.66. The average Bonchev–Trinajstić information content (AvgIpc) is 2.45. The van der Waals surface area contributed by atoms with Gasteiger partial charge in [0.1, 0.15) is 11.5 Å². The van der Waals surface area contributed by atoms with Crippen LogP contribution in [0.1, 0.15) is 26.2 Å². The number of unbranched alkanes of at least 4 members (excludes halogenated alkanes) is 2. The summed E-state index contributed by atoms with van der Waals surface area (Å²) in [6, 6.07) is 18.0. The number of benzene rings is 2. The summed E-state index contributed by atoms with van der Waals surface area (Å²) in [5.74, 6) is 1.73. The van der Waals surface area contributed by atoms with Gasteiger partial charge in [-0.25, -0.2) is 0 Å². The minimum Gasteiger partial charge on any atom is -0.457 e. The van der Waals surface area contributed by atoms with Gasteiger partial charge in [-0.3, -0.25) is 0 Å². The average molecular weight is 255 g/mol. The number of ether oxygens (including phenoxy) is 1. The molecule has 0 heterocycles. The third-order valence-corrected chi connectivity index (χ3v) is 2.92. The lowest BCUT2D eigenvalue weighted by atomic mass is 10.2. The Morgan fingerprint density at radius 3 is 2.47 bits per heavy atom. The van der Waals surface area contributed by atoms with Crippen molar-refractivity contribution in [2.75, 3.05) is 11.9 Å². The van der Waals surface area contributed by atoms with E-state index in [4.69, 9.17) is 4.74 Å². The van der Waals surface area contributed by atoms with Gasteiger partial charge in [-0.2, -0.15) is 0 Å². The van der Waals surface area contributed by atoms with Crippen LogP contribution in [-0.2, 0) is 0 Å². The minimum atomic E-state index is 0.866. The Labute approximate surface area is 115 Å². The van der Waals surface area contributed by atoms with Crippen LogP contribution in [0.2, 0.25) is 0 Å². The Morgan fingerprint density at radius 1 is 0.895 bits per heavy atom. The van der Waals surface area contributed by atoms with Crippen molar-refractivity contribution >= 4 is 5.69 Å². The molecule has 0 spiro atoms. The van der Waals surface area contributed by atoms with Gasteiger partial charge in [0.15, 0.2) is 0 Å². The van der Waals surface area contributed by atoms with Crippen LogP contribution in [0.3, 0.4) is 0 Å². The Hall–Kier alpha value is -1.96. The van der Waals surface area contributed by atoms with Gasteiger partial charge in [0, 0.05) is 18.3 Å². The second-order valence-electron chi connectivity index (χ2n) is 4.58. The van der Waals surface area contributed by atoms with Gasteiger partial charge in [0.25, 0.3) is 0 Å². The normalized spacial score (nSPS) is 10.2. The van der Waals surface area contributed by atoms with E-state index in [0.29, 0.717) is 0 Å². The molecule has 0 saturated carbocycles. The Bertz CT molecular complexity index is 482. The summed E-state index contributed by atoms with van der Waals surface area (Å²) in [6.45, 7) is 3.23. The van der Waals surface area contributed by atoms with Crippen LogP contribution in [0.25, 0.3) is 0 Å². The van der Waals surface area contributed by atoms with Gasteiger partial charge in [-0.05, 0) is 30.7 Å². The molecule has 0 aromatic heterocycles. The molecule has 0 bridgehead atoms. The van der Waals surface area contributed by atoms with Crippen LogP contribution < -0.4 is 10.1 Å². The lowest BCUT2D eigenvalue weighted by Crippen LogP contribution is -2.01. The van der Waals surface area contributed by atoms with E-state index in [2.05, 4.69) is 18.3 Å². The largest absolute Gasteiger partial charge is 0.457 e. The summed E-state index contributed by atoms with van der Waals surface area (Å²) in [4.78, 5) is 0. The first-order valence-electron chi connectivity index (χ1n) is 6.95. The highest BCUT2D eigenvalue weighted by molar-refractivity contribution is 5.49. The second kappa shape index (κ2) is 7.47. The van der Waals surface area contributed by atoms with Crippen LogP contribution in [-0.4, -0.2) is 6.54 Å². The van der Waals surface area contributed by atoms with Crippen molar-refractivity contribution in [3.63, 3.8) is 0 Å². The van der Waals surface area contributed by atoms with Crippen LogP contribution in [0.4, 0.5) is 5.69 Å². The van der Waals surface area contributed by atoms with Crippen molar-refractivity contribution in [3.05, 3.63) is 54.6 Å². The molecule has 0 aliphatic rings. The van der Waals surface area contributed by atoms with Crippen LogP contribution in [0.5, 0.6) is 11.5 Å². The molecule has 0 atom stereocenters. The van der Waals surface area contributed by atoms with Gasteiger partial charge in [-0.15, -0.1) is 0 Å². The highest BCUT2D eigenvalue weighted by atomic mass is 16.5. The molecule has 2 aromatic rings. The van der Waals surface area contributed by atoms with E-state index in [1.165, 1.54) is 19.3 Å². The van der Waals surface area contributed by atoms with E-state index < -0.39 is 0 Å². The zero-order valence-corrected chi connectivity index (χ0v) is 11.4. The van der Waals surface area contributed by atoms with E-state index in [1.54, 1.807) is 0 Å². The monoisotopic (exact) mass is 255 g/mol. The molecule has 0 fully saturated rings. The maximum Gasteiger partial charge on any atom is 0.129 e. The molecule has 2 nitrogen and oxygen atoms in total. The molecule has 0 radical (unpaired) electrons. The maximum atomic E-state index is 5.81. The first-order chi connectivity index (χ1) is 9.38. The van der Waals surface area contributed by atoms with E-state index in [1.807, 2.05) is 48.5 Å². The lowest BCUT2D eigenvalue weighted by molar-refractivity contribution is 0.483. The van der Waals surface area contributed by atoms with E-state index >= 15 is 0 Å². The smallest absolute Gasteiger partial charge is 0.129 e. The molecule has 0 unspecified atom stereocenters. The molecule has 0 saturated heterocycles. The van der Waals surface area contributed by atoms with Crippen molar-refractivity contribution in [2.24, 2.45) is 0 Å². The molecule has 19 heavy (non-hydrogen) atoms. The summed E-state index contributed by atoms with van der Waals surface area (Å²) < 4.78 is 5.81. The lowest BCUT2D eigenvalue weighted by Gasteiger charge is -2.09. The fourth-order valence-electron chi connectivity index (χ4n) is 1.90. The summed E-state index contributed by atoms with van der Waals surface area (Å²) in [6.07, 6.45) is 3.73. The minimum absolute atomic E-state index is 0.866. The quantitative estimate of drug-likeness (QED) is 0.696. The highest BCUT2D eigenvalue weighted by Gasteiger charge is 1.98. The topological polar surface area (TPSA) is 21.3 Å². The fourth-order valence-corrected chi connectivity index (χ4v) is 1.90. The molecular weight excluding hydrogens is 234 g/mol. The first-order valence-corrected chi connectivity index (χ1v) is 6.95. The molecule has 2 aromatic carbocycles. The first kappa shape index (κ1) is 13.5. The number of rotatable bonds is 7. The molecule has 2 rings (SSSR count). The van der Waals surface area contributed by atoms with Crippen LogP contribution in [0, 0.1) is 0 Å². The van der Waals surface area contributed by atoms with Crippen molar-refractivity contribution < 1.29 is 4.74 Å². The van der Waals surface area contributed by atoms with Crippen molar-refractivity contribution in [3.8, 4) is 11.5 Å². The molecule has 2 heteroatoms. The van der Waals surface area contributed by atoms with Gasteiger partial charge in [0.2, 0.25) is 0 Å². The van der Waals surface area contributed by atoms with Crippen molar-refractivity contribution in [2.45, 2.75) is 26.2 Å². The van der Waals surface area contributed by atoms with Gasteiger partial charge < -0.3 is 10.1 Å². The standard InChI is InChI=1S/C17H21NO/c1-2-3-7-13-18-15-9-8-12-17(14-15)19-16-10-5-4-6-11-16/h4-6,8-12,14,18H,2-3,7,13H2,1H3. The van der Waals surface area contributed by atoms with E-state index in [0.717, 1.165) is 23.7 Å². The predicted molar refractivity (Wildman–Crippen MR) is 81.0 cm³/mol. The van der Waals surface area contributed by atoms with E-state index in [-0.39, 0.29) is 0 Å². The molecule has 0 amide bonds. The summed E-state index contributed by atoms with van der Waals surface area (Å²) in [5, 5.41) is 3.43. The summed E-state index contributed by atoms with van der Waals surface area (Å²) in [7, 11) is 0. The Kier molecular flexibility index (Phi) is 5.30. The SMILES string of the molecule is CCCCCNc1cccc(Oc2ccccc2)c1. The van der Waals surface area contributed by atoms with Crippen LogP contribution in [0.15, 0.2) is 54.6 Å². The van der Waals surface area contributed by atoms with E-state index in [9.17, 15) is 0 Å². The van der Waals surface area contributed by atoms with Gasteiger partial charge >= 0.3 is 0 Å². The summed E-state index contributed by atoms with van der Waals surface area (Å²) in [5.41, 5.74) is 1.12.